The lowest BCUT2D eigenvalue weighted by Gasteiger charge is -2.24. The number of carbonyl (C=O) groups excluding carboxylic acids is 3. The topological polar surface area (TPSA) is 88.2 Å². The number of benzene rings is 2. The van der Waals surface area contributed by atoms with E-state index in [2.05, 4.69) is 5.48 Å². The zero-order chi connectivity index (χ0) is 25.2. The number of hydroxylamine groups is 1. The van der Waals surface area contributed by atoms with Gasteiger partial charge in [-0.05, 0) is 66.6 Å². The van der Waals surface area contributed by atoms with Crippen molar-refractivity contribution >= 4 is 52.8 Å². The number of hydrogen-bond acceptors (Lipinski definition) is 5. The highest BCUT2D eigenvalue weighted by Crippen LogP contribution is 2.39. The molecule has 36 heavy (non-hydrogen) atoms. The summed E-state index contributed by atoms with van der Waals surface area (Å²) < 4.78 is 5.43. The van der Waals surface area contributed by atoms with Crippen LogP contribution in [0.3, 0.4) is 0 Å². The van der Waals surface area contributed by atoms with E-state index in [4.69, 9.17) is 32.8 Å². The molecule has 188 valence electrons. The Morgan fingerprint density at radius 1 is 1.08 bits per heavy atom. The standard InChI is InChI=1S/C26H25Cl2N3O5/c27-18-12-19(28)14-20(13-18)31-24(33)15-30(26(31)34)22-8-6-17-11-16(4-7-21(17)22)5-9-23(32)29-36-25-3-1-2-10-35-25/h4-5,7,9,11-14,22,25H,1-3,6,8,10,15H2,(H,29,32)/b9-5+. The predicted molar refractivity (Wildman–Crippen MR) is 135 cm³/mol. The van der Waals surface area contributed by atoms with E-state index in [1.54, 1.807) is 29.2 Å². The Hall–Kier alpha value is -2.91. The maximum atomic E-state index is 13.2. The average Bonchev–Trinajstić information content (AvgIpc) is 3.40. The minimum absolute atomic E-state index is 0.0143. The number of rotatable bonds is 6. The molecule has 2 fully saturated rings. The van der Waals surface area contributed by atoms with Gasteiger partial charge in [0, 0.05) is 29.1 Å². The van der Waals surface area contributed by atoms with Crippen LogP contribution >= 0.6 is 23.2 Å². The summed E-state index contributed by atoms with van der Waals surface area (Å²) in [5, 5.41) is 0.705. The largest absolute Gasteiger partial charge is 0.350 e. The number of carbonyl (C=O) groups is 3. The van der Waals surface area contributed by atoms with Gasteiger partial charge in [-0.1, -0.05) is 41.4 Å². The Morgan fingerprint density at radius 3 is 2.64 bits per heavy atom. The number of nitrogens with zero attached hydrogens (tertiary/aromatic N) is 2. The third-order valence-corrected chi connectivity index (χ3v) is 6.98. The molecule has 2 saturated heterocycles. The van der Waals surface area contributed by atoms with Gasteiger partial charge in [0.2, 0.25) is 0 Å². The van der Waals surface area contributed by atoms with Crippen molar-refractivity contribution in [3.05, 3.63) is 69.2 Å². The number of amides is 4. The molecule has 2 aromatic rings. The molecule has 0 spiro atoms. The van der Waals surface area contributed by atoms with Gasteiger partial charge in [0.15, 0.2) is 6.29 Å². The molecule has 3 aliphatic rings. The summed E-state index contributed by atoms with van der Waals surface area (Å²) in [5.41, 5.74) is 5.71. The SMILES string of the molecule is O=C(/C=C/c1ccc2c(c1)CCC2N1CC(=O)N(c2cc(Cl)cc(Cl)c2)C1=O)NOC1CCCCO1. The minimum Gasteiger partial charge on any atom is -0.350 e. The number of hydrogen-bond donors (Lipinski definition) is 1. The molecule has 0 radical (unpaired) electrons. The van der Waals surface area contributed by atoms with Gasteiger partial charge in [-0.15, -0.1) is 0 Å². The molecule has 1 aliphatic carbocycles. The lowest BCUT2D eigenvalue weighted by molar-refractivity contribution is -0.198. The first-order chi connectivity index (χ1) is 17.4. The van der Waals surface area contributed by atoms with E-state index in [1.807, 2.05) is 18.2 Å². The number of imide groups is 1. The van der Waals surface area contributed by atoms with Gasteiger partial charge in [0.1, 0.15) is 6.54 Å². The molecule has 4 amide bonds. The summed E-state index contributed by atoms with van der Waals surface area (Å²) in [6.45, 7) is 0.621. The Kier molecular flexibility index (Phi) is 7.29. The predicted octanol–water partition coefficient (Wildman–Crippen LogP) is 5.04. The molecule has 2 atom stereocenters. The monoisotopic (exact) mass is 529 g/mol. The summed E-state index contributed by atoms with van der Waals surface area (Å²) in [6, 6.07) is 9.91. The van der Waals surface area contributed by atoms with Crippen molar-refractivity contribution in [3.63, 3.8) is 0 Å². The minimum atomic E-state index is -0.403. The first-order valence-corrected chi connectivity index (χ1v) is 12.6. The zero-order valence-corrected chi connectivity index (χ0v) is 20.9. The normalized spacial score (nSPS) is 21.9. The van der Waals surface area contributed by atoms with Gasteiger partial charge in [-0.25, -0.2) is 20.0 Å². The quantitative estimate of drug-likeness (QED) is 0.321. The molecule has 0 bridgehead atoms. The van der Waals surface area contributed by atoms with Gasteiger partial charge in [-0.2, -0.15) is 0 Å². The van der Waals surface area contributed by atoms with Crippen molar-refractivity contribution in [1.29, 1.82) is 0 Å². The van der Waals surface area contributed by atoms with Gasteiger partial charge >= 0.3 is 6.03 Å². The van der Waals surface area contributed by atoms with Crippen molar-refractivity contribution in [2.75, 3.05) is 18.1 Å². The van der Waals surface area contributed by atoms with Crippen molar-refractivity contribution < 1.29 is 24.0 Å². The second-order valence-electron chi connectivity index (χ2n) is 8.99. The highest BCUT2D eigenvalue weighted by Gasteiger charge is 2.43. The number of urea groups is 1. The molecule has 8 nitrogen and oxygen atoms in total. The van der Waals surface area contributed by atoms with E-state index in [0.717, 1.165) is 47.3 Å². The lowest BCUT2D eigenvalue weighted by atomic mass is 10.0. The number of halogens is 2. The summed E-state index contributed by atoms with van der Waals surface area (Å²) in [5.74, 6) is -0.692. The summed E-state index contributed by atoms with van der Waals surface area (Å²) >= 11 is 12.2. The Balaban J connectivity index is 1.24. The van der Waals surface area contributed by atoms with Crippen LogP contribution in [0.2, 0.25) is 10.0 Å². The molecule has 1 N–H and O–H groups in total. The van der Waals surface area contributed by atoms with Crippen molar-refractivity contribution in [2.45, 2.75) is 44.4 Å². The molecular weight excluding hydrogens is 505 g/mol. The third-order valence-electron chi connectivity index (χ3n) is 6.54. The van der Waals surface area contributed by atoms with Crippen LogP contribution in [-0.2, 0) is 25.6 Å². The second kappa shape index (κ2) is 10.6. The molecule has 10 heteroatoms. The smallest absolute Gasteiger partial charge is 0.332 e. The third kappa shape index (κ3) is 5.27. The highest BCUT2D eigenvalue weighted by molar-refractivity contribution is 6.35. The fourth-order valence-corrected chi connectivity index (χ4v) is 5.38. The van der Waals surface area contributed by atoms with Crippen LogP contribution in [0.5, 0.6) is 0 Å². The number of fused-ring (bicyclic) bond motifs is 1. The molecule has 2 aliphatic heterocycles. The summed E-state index contributed by atoms with van der Waals surface area (Å²) in [4.78, 5) is 46.1. The molecule has 0 saturated carbocycles. The number of nitrogens with one attached hydrogen (secondary N) is 1. The molecular formula is C26H25Cl2N3O5. The van der Waals surface area contributed by atoms with E-state index in [-0.39, 0.29) is 24.4 Å². The van der Waals surface area contributed by atoms with Crippen LogP contribution in [-0.4, -0.2) is 42.2 Å². The second-order valence-corrected chi connectivity index (χ2v) is 9.87. The Morgan fingerprint density at radius 2 is 1.89 bits per heavy atom. The number of aryl methyl sites for hydroxylation is 1. The molecule has 2 heterocycles. The maximum Gasteiger partial charge on any atom is 0.332 e. The Bertz CT molecular complexity index is 1210. The molecule has 5 rings (SSSR count). The van der Waals surface area contributed by atoms with Gasteiger partial charge in [0.25, 0.3) is 11.8 Å². The van der Waals surface area contributed by atoms with E-state index in [9.17, 15) is 14.4 Å². The van der Waals surface area contributed by atoms with E-state index < -0.39 is 12.3 Å². The maximum absolute atomic E-state index is 13.2. The number of ether oxygens (including phenoxy) is 1. The molecule has 0 aromatic heterocycles. The van der Waals surface area contributed by atoms with Crippen LogP contribution in [0.25, 0.3) is 6.08 Å². The highest BCUT2D eigenvalue weighted by atomic mass is 35.5. The van der Waals surface area contributed by atoms with Crippen molar-refractivity contribution in [1.82, 2.24) is 10.4 Å². The van der Waals surface area contributed by atoms with E-state index in [0.29, 0.717) is 28.8 Å². The number of anilines is 1. The first-order valence-electron chi connectivity index (χ1n) is 11.9. The molecule has 2 unspecified atom stereocenters. The van der Waals surface area contributed by atoms with E-state index >= 15 is 0 Å². The molecule has 2 aromatic carbocycles. The fraction of sp³-hybridized carbons (Fsp3) is 0.346. The lowest BCUT2D eigenvalue weighted by Crippen LogP contribution is -2.34. The Labute approximate surface area is 218 Å². The van der Waals surface area contributed by atoms with Gasteiger partial charge < -0.3 is 9.64 Å². The zero-order valence-electron chi connectivity index (χ0n) is 19.4. The van der Waals surface area contributed by atoms with E-state index in [1.165, 1.54) is 6.08 Å². The fourth-order valence-electron chi connectivity index (χ4n) is 4.86. The van der Waals surface area contributed by atoms with Crippen LogP contribution in [0.4, 0.5) is 10.5 Å². The summed E-state index contributed by atoms with van der Waals surface area (Å²) in [7, 11) is 0. The van der Waals surface area contributed by atoms with Crippen molar-refractivity contribution in [2.24, 2.45) is 0 Å². The van der Waals surface area contributed by atoms with Crippen LogP contribution < -0.4 is 10.4 Å². The van der Waals surface area contributed by atoms with Gasteiger partial charge in [-0.3, -0.25) is 9.59 Å². The van der Waals surface area contributed by atoms with Gasteiger partial charge in [0.05, 0.1) is 11.7 Å². The van der Waals surface area contributed by atoms with Crippen LogP contribution in [0.15, 0.2) is 42.5 Å². The van der Waals surface area contributed by atoms with Crippen LogP contribution in [0.1, 0.15) is 48.4 Å². The van der Waals surface area contributed by atoms with Crippen molar-refractivity contribution in [3.8, 4) is 0 Å². The average molecular weight is 530 g/mol. The first kappa shape index (κ1) is 24.8. The van der Waals surface area contributed by atoms with Crippen LogP contribution in [0, 0.1) is 0 Å². The summed E-state index contributed by atoms with van der Waals surface area (Å²) in [6.07, 6.45) is 6.96.